The van der Waals surface area contributed by atoms with E-state index < -0.39 is 5.97 Å². The highest BCUT2D eigenvalue weighted by molar-refractivity contribution is 8.15. The van der Waals surface area contributed by atoms with Crippen LogP contribution in [0.4, 0.5) is 16.2 Å². The zero-order valence-corrected chi connectivity index (χ0v) is 12.4. The Bertz CT molecular complexity index is 640. The van der Waals surface area contributed by atoms with Crippen LogP contribution in [0.25, 0.3) is 0 Å². The number of ether oxygens (including phenoxy) is 1. The van der Waals surface area contributed by atoms with E-state index in [9.17, 15) is 9.59 Å². The second-order valence-electron chi connectivity index (χ2n) is 4.18. The molecule has 21 heavy (non-hydrogen) atoms. The molecule has 0 bridgehead atoms. The monoisotopic (exact) mass is 305 g/mol. The number of anilines is 2. The Morgan fingerprint density at radius 3 is 2.62 bits per heavy atom. The van der Waals surface area contributed by atoms with Gasteiger partial charge in [-0.15, -0.1) is 0 Å². The van der Waals surface area contributed by atoms with Gasteiger partial charge in [0.1, 0.15) is 5.56 Å². The fourth-order valence-corrected chi connectivity index (χ4v) is 2.25. The van der Waals surface area contributed by atoms with Crippen molar-refractivity contribution < 1.29 is 14.3 Å². The van der Waals surface area contributed by atoms with Crippen LogP contribution in [0.1, 0.15) is 16.1 Å². The van der Waals surface area contributed by atoms with Crippen molar-refractivity contribution >= 4 is 34.5 Å². The summed E-state index contributed by atoms with van der Waals surface area (Å²) >= 11 is 0.896. The lowest BCUT2D eigenvalue weighted by Gasteiger charge is -2.07. The first-order valence-corrected chi connectivity index (χ1v) is 6.98. The maximum atomic E-state index is 11.9. The van der Waals surface area contributed by atoms with Gasteiger partial charge in [-0.25, -0.2) is 4.79 Å². The molecule has 2 aromatic rings. The first-order chi connectivity index (χ1) is 10.1. The van der Waals surface area contributed by atoms with E-state index in [1.165, 1.54) is 7.11 Å². The van der Waals surface area contributed by atoms with Crippen molar-refractivity contribution in [3.8, 4) is 0 Å². The van der Waals surface area contributed by atoms with Gasteiger partial charge in [0.2, 0.25) is 0 Å². The van der Waals surface area contributed by atoms with Crippen LogP contribution in [-0.2, 0) is 4.74 Å². The van der Waals surface area contributed by atoms with Crippen LogP contribution in [0.3, 0.4) is 0 Å². The van der Waals surface area contributed by atoms with E-state index in [0.717, 1.165) is 17.6 Å². The lowest BCUT2D eigenvalue weighted by molar-refractivity contribution is 0.0601. The second kappa shape index (κ2) is 6.85. The summed E-state index contributed by atoms with van der Waals surface area (Å²) in [5, 5.41) is 2.32. The van der Waals surface area contributed by atoms with Gasteiger partial charge >= 0.3 is 11.2 Å². The minimum absolute atomic E-state index is 0.325. The molecule has 0 aliphatic rings. The number of aromatic nitrogens is 1. The van der Waals surface area contributed by atoms with Gasteiger partial charge in [0, 0.05) is 29.5 Å². The zero-order chi connectivity index (χ0) is 15.2. The van der Waals surface area contributed by atoms with Gasteiger partial charge in [0.15, 0.2) is 0 Å². The number of methoxy groups -OCH3 is 1. The fourth-order valence-electron chi connectivity index (χ4n) is 1.74. The number of para-hydroxylation sites is 1. The lowest BCUT2D eigenvalue weighted by Crippen LogP contribution is -2.11. The van der Waals surface area contributed by atoms with Crippen LogP contribution in [0.5, 0.6) is 0 Å². The summed E-state index contributed by atoms with van der Waals surface area (Å²) in [5.74, 6) is -0.495. The first kappa shape index (κ1) is 15.0. The van der Waals surface area contributed by atoms with Crippen molar-refractivity contribution in [1.82, 2.24) is 4.98 Å². The molecule has 7 heteroatoms. The highest BCUT2D eigenvalue weighted by Crippen LogP contribution is 2.22. The average Bonchev–Trinajstić information content (AvgIpc) is 2.86. The molecule has 1 aromatic heterocycles. The third-order valence-electron chi connectivity index (χ3n) is 2.74. The number of aromatic amines is 1. The van der Waals surface area contributed by atoms with E-state index in [2.05, 4.69) is 15.0 Å². The molecule has 1 amide bonds. The van der Waals surface area contributed by atoms with E-state index in [-0.39, 0.29) is 5.24 Å². The summed E-state index contributed by atoms with van der Waals surface area (Å²) in [6.07, 6.45) is 1.56. The van der Waals surface area contributed by atoms with Crippen molar-refractivity contribution in [1.29, 1.82) is 0 Å². The highest BCUT2D eigenvalue weighted by atomic mass is 32.2. The molecule has 0 aliphatic heterocycles. The molecule has 0 radical (unpaired) electrons. The van der Waals surface area contributed by atoms with Crippen molar-refractivity contribution in [2.45, 2.75) is 6.92 Å². The number of hydrogen-bond donors (Lipinski definition) is 3. The van der Waals surface area contributed by atoms with Crippen LogP contribution in [-0.4, -0.2) is 23.3 Å². The van der Waals surface area contributed by atoms with Gasteiger partial charge in [-0.3, -0.25) is 4.79 Å². The van der Waals surface area contributed by atoms with Crippen LogP contribution < -0.4 is 10.0 Å². The van der Waals surface area contributed by atoms with Crippen molar-refractivity contribution in [2.24, 2.45) is 0 Å². The maximum Gasteiger partial charge on any atom is 0.341 e. The van der Waals surface area contributed by atoms with Crippen LogP contribution in [0.15, 0.2) is 36.5 Å². The Hall–Kier alpha value is -2.41. The molecule has 1 heterocycles. The van der Waals surface area contributed by atoms with Gasteiger partial charge in [-0.1, -0.05) is 18.2 Å². The standard InChI is InChI=1S/C14H15N3O3S/c1-9-12(13(18)20-2)11(8-15-9)16-14(19)21-17-10-6-4-3-5-7-10/h3-8,15,17H,1-2H3,(H,16,19). The molecule has 3 N–H and O–H groups in total. The van der Waals surface area contributed by atoms with E-state index >= 15 is 0 Å². The maximum absolute atomic E-state index is 11.9. The predicted octanol–water partition coefficient (Wildman–Crippen LogP) is 3.40. The van der Waals surface area contributed by atoms with Gasteiger partial charge in [-0.05, 0) is 19.1 Å². The minimum Gasteiger partial charge on any atom is -0.465 e. The molecule has 0 saturated carbocycles. The predicted molar refractivity (Wildman–Crippen MR) is 83.5 cm³/mol. The van der Waals surface area contributed by atoms with Crippen molar-refractivity contribution in [3.05, 3.63) is 47.8 Å². The van der Waals surface area contributed by atoms with Gasteiger partial charge in [0.25, 0.3) is 0 Å². The molecule has 0 fully saturated rings. The molecule has 110 valence electrons. The van der Waals surface area contributed by atoms with E-state index in [0.29, 0.717) is 16.9 Å². The summed E-state index contributed by atoms with van der Waals surface area (Å²) in [4.78, 5) is 26.4. The zero-order valence-electron chi connectivity index (χ0n) is 11.6. The molecule has 2 rings (SSSR count). The summed E-state index contributed by atoms with van der Waals surface area (Å²) in [6, 6.07) is 9.32. The number of benzene rings is 1. The number of rotatable bonds is 4. The Morgan fingerprint density at radius 2 is 1.95 bits per heavy atom. The molecule has 0 spiro atoms. The number of carbonyl (C=O) groups is 2. The number of aryl methyl sites for hydroxylation is 1. The summed E-state index contributed by atoms with van der Waals surface area (Å²) < 4.78 is 7.61. The number of esters is 1. The SMILES string of the molecule is COC(=O)c1c(NC(=O)SNc2ccccc2)c[nH]c1C. The smallest absolute Gasteiger partial charge is 0.341 e. The number of carbonyl (C=O) groups excluding carboxylic acids is 2. The van der Waals surface area contributed by atoms with Gasteiger partial charge < -0.3 is 19.8 Å². The number of nitrogens with one attached hydrogen (secondary N) is 3. The molecular formula is C14H15N3O3S. The van der Waals surface area contributed by atoms with E-state index in [1.54, 1.807) is 13.1 Å². The normalized spacial score (nSPS) is 10.0. The highest BCUT2D eigenvalue weighted by Gasteiger charge is 2.18. The Morgan fingerprint density at radius 1 is 1.24 bits per heavy atom. The van der Waals surface area contributed by atoms with Crippen molar-refractivity contribution in [3.63, 3.8) is 0 Å². The fraction of sp³-hybridized carbons (Fsp3) is 0.143. The molecule has 0 aliphatic carbocycles. The van der Waals surface area contributed by atoms with E-state index in [1.807, 2.05) is 30.3 Å². The summed E-state index contributed by atoms with van der Waals surface area (Å²) in [7, 11) is 1.30. The summed E-state index contributed by atoms with van der Waals surface area (Å²) in [5.41, 5.74) is 2.17. The van der Waals surface area contributed by atoms with Crippen LogP contribution in [0.2, 0.25) is 0 Å². The average molecular weight is 305 g/mol. The first-order valence-electron chi connectivity index (χ1n) is 6.17. The third-order valence-corrected chi connectivity index (χ3v) is 3.36. The third kappa shape index (κ3) is 3.79. The quantitative estimate of drug-likeness (QED) is 0.595. The van der Waals surface area contributed by atoms with Crippen LogP contribution in [0, 0.1) is 6.92 Å². The topological polar surface area (TPSA) is 83.2 Å². The molecular weight excluding hydrogens is 290 g/mol. The lowest BCUT2D eigenvalue weighted by atomic mass is 10.2. The molecule has 1 aromatic carbocycles. The number of amides is 1. The summed E-state index contributed by atoms with van der Waals surface area (Å²) in [6.45, 7) is 1.73. The number of H-pyrrole nitrogens is 1. The molecule has 6 nitrogen and oxygen atoms in total. The van der Waals surface area contributed by atoms with Gasteiger partial charge in [-0.2, -0.15) is 0 Å². The molecule has 0 unspecified atom stereocenters. The Labute approximate surface area is 126 Å². The molecule has 0 atom stereocenters. The second-order valence-corrected chi connectivity index (χ2v) is 4.96. The largest absolute Gasteiger partial charge is 0.465 e. The number of hydrogen-bond acceptors (Lipinski definition) is 5. The van der Waals surface area contributed by atoms with Crippen LogP contribution >= 0.6 is 11.9 Å². The van der Waals surface area contributed by atoms with Gasteiger partial charge in [0.05, 0.1) is 12.8 Å². The van der Waals surface area contributed by atoms with E-state index in [4.69, 9.17) is 4.74 Å². The minimum atomic E-state index is -0.495. The Balaban J connectivity index is 1.99. The Kier molecular flexibility index (Phi) is 4.89. The molecule has 0 saturated heterocycles. The van der Waals surface area contributed by atoms with Crippen molar-refractivity contribution in [2.75, 3.05) is 17.1 Å².